The fraction of sp³-hybridized carbons (Fsp3) is 0. The maximum absolute atomic E-state index is 10.9. The predicted molar refractivity (Wildman–Crippen MR) is 55.6 cm³/mol. The first-order valence-corrected chi connectivity index (χ1v) is 4.52. The molecule has 86 valence electrons. The van der Waals surface area contributed by atoms with Crippen molar-refractivity contribution in [3.63, 3.8) is 0 Å². The van der Waals surface area contributed by atoms with Gasteiger partial charge in [0.15, 0.2) is 0 Å². The molecule has 0 saturated heterocycles. The van der Waals surface area contributed by atoms with Crippen molar-refractivity contribution >= 4 is 11.7 Å². The molecule has 1 N–H and O–H groups in total. The molecular formula is C10H6N2O5. The number of carboxylic acid groups (broad SMARTS) is 1. The Labute approximate surface area is 94.4 Å². The zero-order chi connectivity index (χ0) is 12.4. The van der Waals surface area contributed by atoms with Gasteiger partial charge in [-0.2, -0.15) is 0 Å². The van der Waals surface area contributed by atoms with Gasteiger partial charge in [0.25, 0.3) is 5.69 Å². The minimum Gasteiger partial charge on any atom is -0.477 e. The molecule has 17 heavy (non-hydrogen) atoms. The lowest BCUT2D eigenvalue weighted by atomic mass is 10.1. The third-order valence-electron chi connectivity index (χ3n) is 2.16. The third kappa shape index (κ3) is 1.85. The summed E-state index contributed by atoms with van der Waals surface area (Å²) in [6.45, 7) is 0. The smallest absolute Gasteiger partial charge is 0.341 e. The summed E-state index contributed by atoms with van der Waals surface area (Å²) in [5, 5.41) is 23.2. The van der Waals surface area contributed by atoms with Gasteiger partial charge in [0, 0.05) is 6.07 Å². The number of carbonyl (C=O) groups is 1. The zero-order valence-electron chi connectivity index (χ0n) is 8.36. The highest BCUT2D eigenvalue weighted by Crippen LogP contribution is 2.30. The summed E-state index contributed by atoms with van der Waals surface area (Å²) >= 11 is 0. The number of benzene rings is 1. The van der Waals surface area contributed by atoms with Gasteiger partial charge in [0.2, 0.25) is 0 Å². The van der Waals surface area contributed by atoms with E-state index in [0.29, 0.717) is 0 Å². The highest BCUT2D eigenvalue weighted by atomic mass is 16.6. The van der Waals surface area contributed by atoms with Crippen LogP contribution in [0, 0.1) is 10.1 Å². The maximum atomic E-state index is 10.9. The minimum absolute atomic E-state index is 0.0511. The van der Waals surface area contributed by atoms with Crippen molar-refractivity contribution in [3.05, 3.63) is 46.2 Å². The number of nitrogens with zero attached hydrogens (tertiary/aromatic N) is 2. The molecule has 0 saturated carbocycles. The van der Waals surface area contributed by atoms with Crippen molar-refractivity contribution in [2.24, 2.45) is 0 Å². The van der Waals surface area contributed by atoms with Gasteiger partial charge in [-0.1, -0.05) is 17.3 Å². The van der Waals surface area contributed by atoms with Crippen molar-refractivity contribution in [3.8, 4) is 11.3 Å². The second kappa shape index (κ2) is 4.05. The van der Waals surface area contributed by atoms with Crippen LogP contribution in [0.2, 0.25) is 0 Å². The molecule has 1 aromatic heterocycles. The van der Waals surface area contributed by atoms with Gasteiger partial charge in [0.05, 0.1) is 10.5 Å². The van der Waals surface area contributed by atoms with E-state index in [9.17, 15) is 14.9 Å². The molecule has 0 aliphatic heterocycles. The van der Waals surface area contributed by atoms with Crippen molar-refractivity contribution in [1.82, 2.24) is 5.16 Å². The van der Waals surface area contributed by atoms with Gasteiger partial charge in [-0.25, -0.2) is 4.79 Å². The average molecular weight is 234 g/mol. The Kier molecular flexibility index (Phi) is 2.57. The summed E-state index contributed by atoms with van der Waals surface area (Å²) in [6.07, 6.45) is 0.939. The highest BCUT2D eigenvalue weighted by molar-refractivity contribution is 5.95. The van der Waals surface area contributed by atoms with Crippen LogP contribution < -0.4 is 0 Å². The molecule has 0 unspecified atom stereocenters. The van der Waals surface area contributed by atoms with E-state index in [2.05, 4.69) is 9.68 Å². The van der Waals surface area contributed by atoms with E-state index in [1.807, 2.05) is 0 Å². The Balaban J connectivity index is 2.64. The molecule has 7 nitrogen and oxygen atoms in total. The number of rotatable bonds is 3. The number of carboxylic acids is 1. The summed E-state index contributed by atoms with van der Waals surface area (Å²) in [4.78, 5) is 21.1. The normalized spacial score (nSPS) is 10.1. The van der Waals surface area contributed by atoms with Crippen LogP contribution in [0.25, 0.3) is 11.3 Å². The van der Waals surface area contributed by atoms with Gasteiger partial charge in [0.1, 0.15) is 17.5 Å². The van der Waals surface area contributed by atoms with Crippen LogP contribution in [0.4, 0.5) is 5.69 Å². The first-order valence-electron chi connectivity index (χ1n) is 4.52. The highest BCUT2D eigenvalue weighted by Gasteiger charge is 2.23. The number of aromatic nitrogens is 1. The molecule has 0 amide bonds. The van der Waals surface area contributed by atoms with Crippen LogP contribution in [-0.2, 0) is 0 Å². The quantitative estimate of drug-likeness (QED) is 0.642. The van der Waals surface area contributed by atoms with E-state index in [4.69, 9.17) is 5.11 Å². The predicted octanol–water partition coefficient (Wildman–Crippen LogP) is 1.95. The molecule has 2 aromatic rings. The van der Waals surface area contributed by atoms with Crippen molar-refractivity contribution in [2.45, 2.75) is 0 Å². The summed E-state index contributed by atoms with van der Waals surface area (Å²) in [6, 6.07) is 5.74. The van der Waals surface area contributed by atoms with E-state index < -0.39 is 10.9 Å². The number of nitro groups is 1. The molecule has 0 spiro atoms. The van der Waals surface area contributed by atoms with Crippen LogP contribution in [0.15, 0.2) is 35.1 Å². The van der Waals surface area contributed by atoms with Gasteiger partial charge in [-0.15, -0.1) is 0 Å². The first-order chi connectivity index (χ1) is 8.11. The number of para-hydroxylation sites is 1. The molecule has 1 aromatic carbocycles. The Morgan fingerprint density at radius 2 is 2.12 bits per heavy atom. The fourth-order valence-electron chi connectivity index (χ4n) is 1.42. The van der Waals surface area contributed by atoms with Crippen LogP contribution in [0.5, 0.6) is 0 Å². The lowest BCUT2D eigenvalue weighted by molar-refractivity contribution is -0.384. The van der Waals surface area contributed by atoms with Gasteiger partial charge in [-0.05, 0) is 6.07 Å². The number of aromatic carboxylic acids is 1. The molecular weight excluding hydrogens is 228 g/mol. The Hall–Kier alpha value is -2.70. The molecule has 0 bridgehead atoms. The Morgan fingerprint density at radius 3 is 2.76 bits per heavy atom. The molecule has 2 rings (SSSR count). The molecule has 0 aliphatic rings. The van der Waals surface area contributed by atoms with Crippen LogP contribution in [0.3, 0.4) is 0 Å². The van der Waals surface area contributed by atoms with Gasteiger partial charge < -0.3 is 9.63 Å². The first kappa shape index (κ1) is 10.8. The van der Waals surface area contributed by atoms with Crippen molar-refractivity contribution in [1.29, 1.82) is 0 Å². The second-order valence-corrected chi connectivity index (χ2v) is 3.16. The van der Waals surface area contributed by atoms with Gasteiger partial charge >= 0.3 is 5.97 Å². The van der Waals surface area contributed by atoms with E-state index >= 15 is 0 Å². The average Bonchev–Trinajstić information content (AvgIpc) is 2.77. The third-order valence-corrected chi connectivity index (χ3v) is 2.16. The maximum Gasteiger partial charge on any atom is 0.341 e. The lowest BCUT2D eigenvalue weighted by Crippen LogP contribution is -1.99. The van der Waals surface area contributed by atoms with Crippen LogP contribution in [0.1, 0.15) is 10.4 Å². The minimum atomic E-state index is -1.25. The van der Waals surface area contributed by atoms with E-state index in [0.717, 1.165) is 6.26 Å². The summed E-state index contributed by atoms with van der Waals surface area (Å²) in [5.74, 6) is -1.25. The van der Waals surface area contributed by atoms with E-state index in [-0.39, 0.29) is 22.5 Å². The standard InChI is InChI=1S/C10H6N2O5/c13-10(14)7-5-17-11-9(7)6-3-1-2-4-8(6)12(15)16/h1-5H,(H,13,14). The van der Waals surface area contributed by atoms with E-state index in [1.54, 1.807) is 6.07 Å². The molecule has 0 aliphatic carbocycles. The lowest BCUT2D eigenvalue weighted by Gasteiger charge is -1.99. The fourth-order valence-corrected chi connectivity index (χ4v) is 1.42. The summed E-state index contributed by atoms with van der Waals surface area (Å²) in [7, 11) is 0. The Morgan fingerprint density at radius 1 is 1.41 bits per heavy atom. The molecule has 1 heterocycles. The van der Waals surface area contributed by atoms with E-state index in [1.165, 1.54) is 18.2 Å². The number of nitro benzene ring substituents is 1. The van der Waals surface area contributed by atoms with Crippen LogP contribution >= 0.6 is 0 Å². The topological polar surface area (TPSA) is 106 Å². The van der Waals surface area contributed by atoms with Crippen LogP contribution in [-0.4, -0.2) is 21.2 Å². The molecule has 0 fully saturated rings. The molecule has 0 radical (unpaired) electrons. The number of hydrogen-bond donors (Lipinski definition) is 1. The van der Waals surface area contributed by atoms with Gasteiger partial charge in [-0.3, -0.25) is 10.1 Å². The molecule has 7 heteroatoms. The monoisotopic (exact) mass is 234 g/mol. The largest absolute Gasteiger partial charge is 0.477 e. The number of hydrogen-bond acceptors (Lipinski definition) is 5. The summed E-state index contributed by atoms with van der Waals surface area (Å²) < 4.78 is 4.54. The molecule has 0 atom stereocenters. The second-order valence-electron chi connectivity index (χ2n) is 3.16. The Bertz CT molecular complexity index is 590. The summed E-state index contributed by atoms with van der Waals surface area (Å²) in [5.41, 5.74) is -0.364. The van der Waals surface area contributed by atoms with Crippen molar-refractivity contribution in [2.75, 3.05) is 0 Å². The zero-order valence-corrected chi connectivity index (χ0v) is 8.36. The SMILES string of the molecule is O=C(O)c1conc1-c1ccccc1[N+](=O)[O-]. The van der Waals surface area contributed by atoms with Crippen molar-refractivity contribution < 1.29 is 19.3 Å².